The number of primary amides is 1. The van der Waals surface area contributed by atoms with Gasteiger partial charge in [-0.15, -0.1) is 0 Å². The third-order valence-corrected chi connectivity index (χ3v) is 4.28. The third kappa shape index (κ3) is 7.73. The smallest absolute Gasteiger partial charge is 0.322 e. The molecule has 8 N–H and O–H groups in total. The molecule has 1 heterocycles. The molecule has 3 atom stereocenters. The van der Waals surface area contributed by atoms with E-state index in [0.29, 0.717) is 6.42 Å². The molecule has 0 radical (unpaired) electrons. The lowest BCUT2D eigenvalue weighted by Crippen LogP contribution is -2.56. The SMILES string of the molecule is NC(=O)CCC(N)C(=O)NC(CC(=O)O)C(=O)N1CCCC1C(=O)NCC(=O)O. The summed E-state index contributed by atoms with van der Waals surface area (Å²) < 4.78 is 0. The summed E-state index contributed by atoms with van der Waals surface area (Å²) in [7, 11) is 0. The van der Waals surface area contributed by atoms with Crippen LogP contribution >= 0.6 is 0 Å². The van der Waals surface area contributed by atoms with Crippen molar-refractivity contribution in [2.45, 2.75) is 50.2 Å². The Balaban J connectivity index is 2.84. The van der Waals surface area contributed by atoms with E-state index in [1.165, 1.54) is 0 Å². The molecule has 13 nitrogen and oxygen atoms in total. The molecule has 0 aromatic heterocycles. The van der Waals surface area contributed by atoms with Gasteiger partial charge in [-0.3, -0.25) is 28.8 Å². The number of aliphatic carboxylic acids is 2. The summed E-state index contributed by atoms with van der Waals surface area (Å²) in [5.41, 5.74) is 10.6. The number of likely N-dealkylation sites (tertiary alicyclic amines) is 1. The van der Waals surface area contributed by atoms with Crippen LogP contribution in [0.25, 0.3) is 0 Å². The van der Waals surface area contributed by atoms with Gasteiger partial charge >= 0.3 is 11.9 Å². The van der Waals surface area contributed by atoms with Crippen molar-refractivity contribution in [1.82, 2.24) is 15.5 Å². The Bertz CT molecular complexity index is 682. The maximum Gasteiger partial charge on any atom is 0.322 e. The van der Waals surface area contributed by atoms with Gasteiger partial charge in [0.2, 0.25) is 23.6 Å². The number of nitrogens with two attached hydrogens (primary N) is 2. The summed E-state index contributed by atoms with van der Waals surface area (Å²) in [6.07, 6.45) is -0.276. The normalized spacial score (nSPS) is 17.8. The molecule has 162 valence electrons. The van der Waals surface area contributed by atoms with Crippen molar-refractivity contribution in [2.75, 3.05) is 13.1 Å². The molecule has 0 saturated carbocycles. The zero-order valence-electron chi connectivity index (χ0n) is 15.6. The van der Waals surface area contributed by atoms with E-state index >= 15 is 0 Å². The first-order valence-electron chi connectivity index (χ1n) is 8.89. The van der Waals surface area contributed by atoms with E-state index in [9.17, 15) is 28.8 Å². The summed E-state index contributed by atoms with van der Waals surface area (Å²) in [6.45, 7) is -0.481. The molecule has 1 aliphatic heterocycles. The minimum atomic E-state index is -1.48. The molecule has 4 amide bonds. The number of carboxylic acids is 2. The van der Waals surface area contributed by atoms with Crippen molar-refractivity contribution >= 4 is 35.6 Å². The fraction of sp³-hybridized carbons (Fsp3) is 0.625. The van der Waals surface area contributed by atoms with Gasteiger partial charge < -0.3 is 37.2 Å². The summed E-state index contributed by atoms with van der Waals surface area (Å²) in [4.78, 5) is 70.7. The quantitative estimate of drug-likeness (QED) is 0.199. The molecule has 3 unspecified atom stereocenters. The lowest BCUT2D eigenvalue weighted by atomic mass is 10.1. The van der Waals surface area contributed by atoms with Crippen LogP contribution in [0.5, 0.6) is 0 Å². The number of rotatable bonds is 11. The Labute approximate surface area is 165 Å². The molecule has 1 fully saturated rings. The highest BCUT2D eigenvalue weighted by Gasteiger charge is 2.38. The molecule has 1 saturated heterocycles. The van der Waals surface area contributed by atoms with Gasteiger partial charge in [0.1, 0.15) is 18.6 Å². The van der Waals surface area contributed by atoms with Gasteiger partial charge in [0.25, 0.3) is 0 Å². The van der Waals surface area contributed by atoms with E-state index in [2.05, 4.69) is 10.6 Å². The number of carbonyl (C=O) groups excluding carboxylic acids is 4. The van der Waals surface area contributed by atoms with Gasteiger partial charge in [0.15, 0.2) is 0 Å². The van der Waals surface area contributed by atoms with Crippen molar-refractivity contribution in [1.29, 1.82) is 0 Å². The monoisotopic (exact) mass is 415 g/mol. The zero-order valence-corrected chi connectivity index (χ0v) is 15.6. The summed E-state index contributed by atoms with van der Waals surface area (Å²) in [5.74, 6) is -5.60. The Hall–Kier alpha value is -3.22. The predicted octanol–water partition coefficient (Wildman–Crippen LogP) is -3.27. The minimum Gasteiger partial charge on any atom is -0.481 e. The highest BCUT2D eigenvalue weighted by Crippen LogP contribution is 2.19. The Morgan fingerprint density at radius 3 is 2.31 bits per heavy atom. The molecule has 0 aliphatic carbocycles. The highest BCUT2D eigenvalue weighted by molar-refractivity contribution is 5.95. The van der Waals surface area contributed by atoms with Crippen LogP contribution in [0.15, 0.2) is 0 Å². The Morgan fingerprint density at radius 1 is 1.10 bits per heavy atom. The van der Waals surface area contributed by atoms with E-state index < -0.39 is 66.7 Å². The fourth-order valence-corrected chi connectivity index (χ4v) is 2.87. The Morgan fingerprint density at radius 2 is 1.76 bits per heavy atom. The van der Waals surface area contributed by atoms with Crippen LogP contribution in [-0.4, -0.2) is 81.9 Å². The number of hydrogen-bond donors (Lipinski definition) is 6. The lowest BCUT2D eigenvalue weighted by molar-refractivity contribution is -0.146. The third-order valence-electron chi connectivity index (χ3n) is 4.28. The summed E-state index contributed by atoms with van der Waals surface area (Å²) >= 11 is 0. The van der Waals surface area contributed by atoms with Gasteiger partial charge in [-0.05, 0) is 19.3 Å². The fourth-order valence-electron chi connectivity index (χ4n) is 2.87. The standard InChI is InChI=1S/C16H25N5O8/c17-8(3-4-11(18)22)14(27)20-9(6-12(23)24)16(29)21-5-1-2-10(21)15(28)19-7-13(25)26/h8-10H,1-7,17H2,(H2,18,22)(H,19,28)(H,20,27)(H,23,24)(H,25,26). The first-order chi connectivity index (χ1) is 13.5. The molecule has 0 aromatic carbocycles. The molecule has 29 heavy (non-hydrogen) atoms. The molecular formula is C16H25N5O8. The number of amides is 4. The highest BCUT2D eigenvalue weighted by atomic mass is 16.4. The minimum absolute atomic E-state index is 0.0842. The van der Waals surface area contributed by atoms with Crippen LogP contribution in [0, 0.1) is 0 Å². The van der Waals surface area contributed by atoms with Crippen molar-refractivity contribution in [2.24, 2.45) is 11.5 Å². The number of hydrogen-bond acceptors (Lipinski definition) is 7. The molecule has 0 aromatic rings. The number of carbonyl (C=O) groups is 6. The maximum absolute atomic E-state index is 12.8. The topological polar surface area (TPSA) is 222 Å². The van der Waals surface area contributed by atoms with Gasteiger partial charge in [-0.1, -0.05) is 0 Å². The van der Waals surface area contributed by atoms with Gasteiger partial charge in [-0.2, -0.15) is 0 Å². The molecular weight excluding hydrogens is 390 g/mol. The lowest BCUT2D eigenvalue weighted by Gasteiger charge is -2.28. The van der Waals surface area contributed by atoms with E-state index in [4.69, 9.17) is 21.7 Å². The average molecular weight is 415 g/mol. The van der Waals surface area contributed by atoms with E-state index in [0.717, 1.165) is 4.90 Å². The second kappa shape index (κ2) is 10.9. The van der Waals surface area contributed by atoms with Crippen LogP contribution in [0.4, 0.5) is 0 Å². The zero-order chi connectivity index (χ0) is 22.1. The second-order valence-electron chi connectivity index (χ2n) is 6.57. The number of nitrogens with zero attached hydrogens (tertiary/aromatic N) is 1. The van der Waals surface area contributed by atoms with E-state index in [-0.39, 0.29) is 25.8 Å². The molecule has 0 spiro atoms. The summed E-state index contributed by atoms with van der Waals surface area (Å²) in [6, 6.07) is -3.63. The molecule has 0 bridgehead atoms. The molecule has 1 rings (SSSR count). The molecule has 1 aliphatic rings. The number of carboxylic acid groups (broad SMARTS) is 2. The van der Waals surface area contributed by atoms with Crippen LogP contribution in [0.3, 0.4) is 0 Å². The molecule has 13 heteroatoms. The van der Waals surface area contributed by atoms with Gasteiger partial charge in [-0.25, -0.2) is 0 Å². The van der Waals surface area contributed by atoms with Crippen LogP contribution in [-0.2, 0) is 28.8 Å². The first kappa shape index (κ1) is 23.8. The van der Waals surface area contributed by atoms with Crippen molar-refractivity contribution < 1.29 is 39.0 Å². The number of nitrogens with one attached hydrogen (secondary N) is 2. The predicted molar refractivity (Wildman–Crippen MR) is 96.0 cm³/mol. The van der Waals surface area contributed by atoms with Crippen molar-refractivity contribution in [3.63, 3.8) is 0 Å². The van der Waals surface area contributed by atoms with Gasteiger partial charge in [0, 0.05) is 13.0 Å². The van der Waals surface area contributed by atoms with Gasteiger partial charge in [0.05, 0.1) is 12.5 Å². The van der Waals surface area contributed by atoms with Crippen molar-refractivity contribution in [3.05, 3.63) is 0 Å². The van der Waals surface area contributed by atoms with Crippen LogP contribution in [0.1, 0.15) is 32.1 Å². The van der Waals surface area contributed by atoms with E-state index in [1.807, 2.05) is 0 Å². The van der Waals surface area contributed by atoms with E-state index in [1.54, 1.807) is 0 Å². The van der Waals surface area contributed by atoms with Crippen LogP contribution in [0.2, 0.25) is 0 Å². The largest absolute Gasteiger partial charge is 0.481 e. The van der Waals surface area contributed by atoms with Crippen LogP contribution < -0.4 is 22.1 Å². The summed E-state index contributed by atoms with van der Waals surface area (Å²) in [5, 5.41) is 22.1. The first-order valence-corrected chi connectivity index (χ1v) is 8.89. The second-order valence-corrected chi connectivity index (χ2v) is 6.57. The average Bonchev–Trinajstić information content (AvgIpc) is 3.12. The maximum atomic E-state index is 12.8. The van der Waals surface area contributed by atoms with Crippen molar-refractivity contribution in [3.8, 4) is 0 Å². The Kier molecular flexibility index (Phi) is 8.99.